The minimum atomic E-state index is -3.15. The number of aliphatic imine (C=N–C) groups is 1. The third-order valence-corrected chi connectivity index (χ3v) is 4.23. The molecule has 0 bridgehead atoms. The van der Waals surface area contributed by atoms with E-state index in [0.29, 0.717) is 25.6 Å². The van der Waals surface area contributed by atoms with E-state index in [2.05, 4.69) is 11.6 Å². The summed E-state index contributed by atoms with van der Waals surface area (Å²) in [4.78, 5) is 4.18. The highest BCUT2D eigenvalue weighted by atomic mass is 31.2. The summed E-state index contributed by atoms with van der Waals surface area (Å²) in [5, 5.41) is 0. The SMILES string of the molecule is C=CCOc1ccccc1/C=N/CP(=O)(OCC)OCC. The fraction of sp³-hybridized carbons (Fsp3) is 0.400. The minimum absolute atomic E-state index is 0.00945. The summed E-state index contributed by atoms with van der Waals surface area (Å²) in [5.41, 5.74) is 0.805. The van der Waals surface area contributed by atoms with Crippen LogP contribution in [0.15, 0.2) is 41.9 Å². The molecular formula is C15H22NO4P. The molecule has 6 heteroatoms. The topological polar surface area (TPSA) is 57.1 Å². The molecule has 5 nitrogen and oxygen atoms in total. The lowest BCUT2D eigenvalue weighted by Gasteiger charge is -2.14. The summed E-state index contributed by atoms with van der Waals surface area (Å²) in [6.07, 6.45) is 3.28. The van der Waals surface area contributed by atoms with Gasteiger partial charge in [-0.1, -0.05) is 24.8 Å². The first-order valence-electron chi connectivity index (χ1n) is 6.86. The lowest BCUT2D eigenvalue weighted by atomic mass is 10.2. The van der Waals surface area contributed by atoms with Crippen molar-refractivity contribution in [3.05, 3.63) is 42.5 Å². The Bertz CT molecular complexity index is 506. The first-order valence-corrected chi connectivity index (χ1v) is 8.58. The lowest BCUT2D eigenvalue weighted by molar-refractivity contribution is 0.221. The summed E-state index contributed by atoms with van der Waals surface area (Å²) in [5.74, 6) is 0.698. The Hall–Kier alpha value is -1.42. The largest absolute Gasteiger partial charge is 0.489 e. The second kappa shape index (κ2) is 9.50. The molecule has 0 radical (unpaired) electrons. The molecule has 0 aromatic heterocycles. The first kappa shape index (κ1) is 17.6. The zero-order valence-electron chi connectivity index (χ0n) is 12.5. The van der Waals surface area contributed by atoms with Crippen LogP contribution in [0.1, 0.15) is 19.4 Å². The van der Waals surface area contributed by atoms with E-state index in [1.54, 1.807) is 26.1 Å². The predicted octanol–water partition coefficient (Wildman–Crippen LogP) is 3.89. The Morgan fingerprint density at radius 2 is 1.90 bits per heavy atom. The van der Waals surface area contributed by atoms with Crippen LogP contribution in [0.25, 0.3) is 0 Å². The van der Waals surface area contributed by atoms with Gasteiger partial charge in [-0.2, -0.15) is 0 Å². The molecule has 0 amide bonds. The second-order valence-electron chi connectivity index (χ2n) is 4.04. The van der Waals surface area contributed by atoms with E-state index in [-0.39, 0.29) is 6.29 Å². The Kier molecular flexibility index (Phi) is 7.98. The zero-order chi connectivity index (χ0) is 15.6. The highest BCUT2D eigenvalue weighted by molar-refractivity contribution is 7.53. The number of benzene rings is 1. The number of hydrogen-bond donors (Lipinski definition) is 0. The van der Waals surface area contributed by atoms with Gasteiger partial charge < -0.3 is 13.8 Å². The van der Waals surface area contributed by atoms with Gasteiger partial charge >= 0.3 is 7.60 Å². The van der Waals surface area contributed by atoms with Gasteiger partial charge in [-0.25, -0.2) is 0 Å². The van der Waals surface area contributed by atoms with Gasteiger partial charge in [0.1, 0.15) is 18.6 Å². The van der Waals surface area contributed by atoms with Gasteiger partial charge in [0.2, 0.25) is 0 Å². The van der Waals surface area contributed by atoms with Crippen LogP contribution in [0, 0.1) is 0 Å². The van der Waals surface area contributed by atoms with Gasteiger partial charge in [-0.05, 0) is 26.0 Å². The van der Waals surface area contributed by atoms with Crippen LogP contribution in [0.4, 0.5) is 0 Å². The standard InChI is InChI=1S/C15H22NO4P/c1-4-11-18-15-10-8-7-9-14(15)12-16-13-21(17,19-5-2)20-6-3/h4,7-10,12H,1,5-6,11,13H2,2-3H3/b16-12+. The smallest absolute Gasteiger partial charge is 0.351 e. The summed E-state index contributed by atoms with van der Waals surface area (Å²) in [6, 6.07) is 7.47. The predicted molar refractivity (Wildman–Crippen MR) is 85.5 cm³/mol. The molecule has 0 aliphatic heterocycles. The monoisotopic (exact) mass is 311 g/mol. The maximum atomic E-state index is 12.3. The molecule has 0 aliphatic carbocycles. The van der Waals surface area contributed by atoms with E-state index in [1.165, 1.54) is 0 Å². The van der Waals surface area contributed by atoms with Crippen molar-refractivity contribution in [2.24, 2.45) is 4.99 Å². The Morgan fingerprint density at radius 1 is 1.24 bits per heavy atom. The van der Waals surface area contributed by atoms with Crippen LogP contribution >= 0.6 is 7.60 Å². The number of rotatable bonds is 10. The third kappa shape index (κ3) is 6.25. The van der Waals surface area contributed by atoms with Gasteiger partial charge in [0, 0.05) is 11.8 Å². The fourth-order valence-electron chi connectivity index (χ4n) is 1.62. The maximum absolute atomic E-state index is 12.3. The van der Waals surface area contributed by atoms with Gasteiger partial charge in [0.15, 0.2) is 0 Å². The minimum Gasteiger partial charge on any atom is -0.489 e. The Morgan fingerprint density at radius 3 is 2.52 bits per heavy atom. The van der Waals surface area contributed by atoms with Crippen molar-refractivity contribution >= 4 is 13.8 Å². The first-order chi connectivity index (χ1) is 10.1. The molecule has 116 valence electrons. The average Bonchev–Trinajstić information content (AvgIpc) is 2.46. The van der Waals surface area contributed by atoms with Crippen molar-refractivity contribution < 1.29 is 18.3 Å². The molecule has 0 fully saturated rings. The number of hydrogen-bond acceptors (Lipinski definition) is 5. The summed E-state index contributed by atoms with van der Waals surface area (Å²) in [7, 11) is -3.15. The lowest BCUT2D eigenvalue weighted by Crippen LogP contribution is -2.00. The van der Waals surface area contributed by atoms with Gasteiger partial charge in [0.25, 0.3) is 0 Å². The Labute approximate surface area is 126 Å². The third-order valence-electron chi connectivity index (χ3n) is 2.41. The van der Waals surface area contributed by atoms with Gasteiger partial charge in [0.05, 0.1) is 13.2 Å². The molecular weight excluding hydrogens is 289 g/mol. The van der Waals surface area contributed by atoms with E-state index in [0.717, 1.165) is 5.56 Å². The quantitative estimate of drug-likeness (QED) is 0.373. The van der Waals surface area contributed by atoms with Crippen LogP contribution < -0.4 is 4.74 Å². The van der Waals surface area contributed by atoms with Gasteiger partial charge in [-0.3, -0.25) is 9.56 Å². The zero-order valence-corrected chi connectivity index (χ0v) is 13.4. The highest BCUT2D eigenvalue weighted by Crippen LogP contribution is 2.47. The Balaban J connectivity index is 2.75. The number of ether oxygens (including phenoxy) is 1. The van der Waals surface area contributed by atoms with E-state index in [1.807, 2.05) is 24.3 Å². The summed E-state index contributed by atoms with van der Waals surface area (Å²) < 4.78 is 28.1. The molecule has 1 aromatic carbocycles. The molecule has 0 saturated carbocycles. The van der Waals surface area contributed by atoms with Crippen molar-refractivity contribution in [1.82, 2.24) is 0 Å². The molecule has 0 N–H and O–H groups in total. The second-order valence-corrected chi connectivity index (χ2v) is 6.06. The van der Waals surface area contributed by atoms with Crippen LogP contribution in [0.2, 0.25) is 0 Å². The van der Waals surface area contributed by atoms with E-state index < -0.39 is 7.60 Å². The molecule has 0 aliphatic rings. The van der Waals surface area contributed by atoms with Crippen LogP contribution in [0.5, 0.6) is 5.75 Å². The maximum Gasteiger partial charge on any atom is 0.351 e. The van der Waals surface area contributed by atoms with Crippen molar-refractivity contribution in [2.75, 3.05) is 26.1 Å². The molecule has 0 spiro atoms. The normalized spacial score (nSPS) is 11.7. The highest BCUT2D eigenvalue weighted by Gasteiger charge is 2.22. The van der Waals surface area contributed by atoms with E-state index >= 15 is 0 Å². The molecule has 21 heavy (non-hydrogen) atoms. The van der Waals surface area contributed by atoms with Crippen LogP contribution in [-0.4, -0.2) is 32.3 Å². The average molecular weight is 311 g/mol. The molecule has 0 heterocycles. The molecule has 1 aromatic rings. The number of para-hydroxylation sites is 1. The van der Waals surface area contributed by atoms with Crippen molar-refractivity contribution in [3.63, 3.8) is 0 Å². The van der Waals surface area contributed by atoms with Crippen molar-refractivity contribution in [2.45, 2.75) is 13.8 Å². The molecule has 1 rings (SSSR count). The van der Waals surface area contributed by atoms with E-state index in [9.17, 15) is 4.57 Å². The van der Waals surface area contributed by atoms with Gasteiger partial charge in [-0.15, -0.1) is 0 Å². The van der Waals surface area contributed by atoms with E-state index in [4.69, 9.17) is 13.8 Å². The molecule has 0 saturated heterocycles. The summed E-state index contributed by atoms with van der Waals surface area (Å²) in [6.45, 7) is 8.22. The van der Waals surface area contributed by atoms with Crippen molar-refractivity contribution in [1.29, 1.82) is 0 Å². The molecule has 0 unspecified atom stereocenters. The number of nitrogens with zero attached hydrogens (tertiary/aromatic N) is 1. The molecule has 0 atom stereocenters. The fourth-order valence-corrected chi connectivity index (χ4v) is 2.93. The summed E-state index contributed by atoms with van der Waals surface area (Å²) >= 11 is 0. The van der Waals surface area contributed by atoms with Crippen molar-refractivity contribution in [3.8, 4) is 5.75 Å². The van der Waals surface area contributed by atoms with Crippen LogP contribution in [0.3, 0.4) is 0 Å². The van der Waals surface area contributed by atoms with Crippen LogP contribution in [-0.2, 0) is 13.6 Å².